The molecule has 1 aliphatic rings. The first-order chi connectivity index (χ1) is 13.6. The molecular formula is C21H19BrN2O3S. The molecule has 0 unspecified atom stereocenters. The highest BCUT2D eigenvalue weighted by Crippen LogP contribution is 2.31. The van der Waals surface area contributed by atoms with Crippen LogP contribution in [0, 0.1) is 0 Å². The number of thioether (sulfide) groups is 1. The molecule has 3 rings (SSSR count). The third-order valence-corrected chi connectivity index (χ3v) is 5.17. The molecule has 2 aromatic rings. The second kappa shape index (κ2) is 9.61. The molecule has 0 aliphatic carbocycles. The van der Waals surface area contributed by atoms with Gasteiger partial charge in [0.05, 0.1) is 21.7 Å². The average molecular weight is 459 g/mol. The van der Waals surface area contributed by atoms with Crippen molar-refractivity contribution >= 4 is 50.5 Å². The number of nitrogens with zero attached hydrogens (tertiary/aromatic N) is 1. The van der Waals surface area contributed by atoms with Gasteiger partial charge in [0.2, 0.25) is 0 Å². The molecular weight excluding hydrogens is 440 g/mol. The van der Waals surface area contributed by atoms with Crippen molar-refractivity contribution in [2.24, 2.45) is 4.99 Å². The van der Waals surface area contributed by atoms with Gasteiger partial charge < -0.3 is 14.8 Å². The molecule has 0 saturated carbocycles. The van der Waals surface area contributed by atoms with Crippen molar-refractivity contribution in [1.82, 2.24) is 5.32 Å². The highest BCUT2D eigenvalue weighted by molar-refractivity contribution is 9.10. The number of carbonyl (C=O) groups is 1. The van der Waals surface area contributed by atoms with Crippen molar-refractivity contribution < 1.29 is 14.3 Å². The molecule has 28 heavy (non-hydrogen) atoms. The van der Waals surface area contributed by atoms with Crippen LogP contribution in [0.2, 0.25) is 0 Å². The summed E-state index contributed by atoms with van der Waals surface area (Å²) in [7, 11) is 0. The van der Waals surface area contributed by atoms with Crippen LogP contribution in [-0.2, 0) is 4.79 Å². The molecule has 1 saturated heterocycles. The number of halogens is 1. The molecule has 1 aliphatic heterocycles. The molecule has 0 atom stereocenters. The first kappa shape index (κ1) is 20.2. The highest BCUT2D eigenvalue weighted by atomic mass is 79.9. The molecule has 1 amide bonds. The van der Waals surface area contributed by atoms with E-state index >= 15 is 0 Å². The smallest absolute Gasteiger partial charge is 0.264 e. The minimum Gasteiger partial charge on any atom is -0.494 e. The quantitative estimate of drug-likeness (QED) is 0.451. The van der Waals surface area contributed by atoms with E-state index < -0.39 is 0 Å². The number of aliphatic imine (C=N–C) groups is 1. The number of hydrogen-bond donors (Lipinski definition) is 1. The second-order valence-electron chi connectivity index (χ2n) is 5.70. The van der Waals surface area contributed by atoms with Crippen LogP contribution in [0.5, 0.6) is 11.5 Å². The van der Waals surface area contributed by atoms with E-state index in [9.17, 15) is 4.79 Å². The van der Waals surface area contributed by atoms with Gasteiger partial charge in [-0.1, -0.05) is 18.7 Å². The fourth-order valence-electron chi connectivity index (χ4n) is 2.41. The Morgan fingerprint density at radius 3 is 2.68 bits per heavy atom. The SMILES string of the molecule is C=CCOc1ccc(/C=C2\SC(=Nc3ccc(OCC)cc3)NC2=O)cc1Br. The minimum absolute atomic E-state index is 0.169. The van der Waals surface area contributed by atoms with Crippen LogP contribution in [0.25, 0.3) is 6.08 Å². The topological polar surface area (TPSA) is 59.9 Å². The zero-order chi connectivity index (χ0) is 19.9. The maximum absolute atomic E-state index is 12.3. The Labute approximate surface area is 176 Å². The molecule has 0 spiro atoms. The second-order valence-corrected chi connectivity index (χ2v) is 7.58. The lowest BCUT2D eigenvalue weighted by atomic mass is 10.2. The van der Waals surface area contributed by atoms with Crippen LogP contribution in [0.15, 0.2) is 69.5 Å². The molecule has 1 fully saturated rings. The van der Waals surface area contributed by atoms with E-state index in [2.05, 4.69) is 32.8 Å². The molecule has 2 aromatic carbocycles. The molecule has 5 nitrogen and oxygen atoms in total. The Morgan fingerprint density at radius 1 is 1.21 bits per heavy atom. The summed E-state index contributed by atoms with van der Waals surface area (Å²) >= 11 is 4.79. The Bertz CT molecular complexity index is 939. The maximum Gasteiger partial charge on any atom is 0.264 e. The standard InChI is InChI=1S/C21H19BrN2O3S/c1-3-11-27-18-10-5-14(12-17(18)22)13-19-20(25)24-21(28-19)23-15-6-8-16(9-7-15)26-4-2/h3,5-10,12-13H,1,4,11H2,2H3,(H,23,24,25)/b19-13-. The molecule has 0 aromatic heterocycles. The highest BCUT2D eigenvalue weighted by Gasteiger charge is 2.23. The van der Waals surface area contributed by atoms with E-state index in [1.807, 2.05) is 55.5 Å². The molecule has 0 bridgehead atoms. The van der Waals surface area contributed by atoms with Crippen molar-refractivity contribution in [3.63, 3.8) is 0 Å². The van der Waals surface area contributed by atoms with Crippen molar-refractivity contribution in [1.29, 1.82) is 0 Å². The summed E-state index contributed by atoms with van der Waals surface area (Å²) in [5.74, 6) is 1.35. The summed E-state index contributed by atoms with van der Waals surface area (Å²) < 4.78 is 11.8. The third kappa shape index (κ3) is 5.27. The molecule has 0 radical (unpaired) electrons. The lowest BCUT2D eigenvalue weighted by Gasteiger charge is -2.06. The number of carbonyl (C=O) groups excluding carboxylic acids is 1. The van der Waals surface area contributed by atoms with Crippen molar-refractivity contribution in [3.05, 3.63) is 70.1 Å². The van der Waals surface area contributed by atoms with Gasteiger partial charge in [0.25, 0.3) is 5.91 Å². The van der Waals surface area contributed by atoms with Crippen molar-refractivity contribution in [3.8, 4) is 11.5 Å². The van der Waals surface area contributed by atoms with E-state index in [0.717, 1.165) is 27.2 Å². The zero-order valence-corrected chi connectivity index (χ0v) is 17.7. The van der Waals surface area contributed by atoms with Gasteiger partial charge >= 0.3 is 0 Å². The van der Waals surface area contributed by atoms with E-state index in [4.69, 9.17) is 9.47 Å². The lowest BCUT2D eigenvalue weighted by molar-refractivity contribution is -0.115. The summed E-state index contributed by atoms with van der Waals surface area (Å²) in [6, 6.07) is 13.1. The minimum atomic E-state index is -0.169. The summed E-state index contributed by atoms with van der Waals surface area (Å²) in [5.41, 5.74) is 1.64. The molecule has 1 N–H and O–H groups in total. The van der Waals surface area contributed by atoms with E-state index in [1.165, 1.54) is 11.8 Å². The number of benzene rings is 2. The summed E-state index contributed by atoms with van der Waals surface area (Å²) in [5, 5.41) is 3.34. The first-order valence-electron chi connectivity index (χ1n) is 8.64. The number of amides is 1. The zero-order valence-electron chi connectivity index (χ0n) is 15.3. The molecule has 1 heterocycles. The van der Waals surface area contributed by atoms with Gasteiger partial charge in [-0.25, -0.2) is 4.99 Å². The summed E-state index contributed by atoms with van der Waals surface area (Å²) in [4.78, 5) is 17.3. The van der Waals surface area contributed by atoms with Gasteiger partial charge in [-0.2, -0.15) is 0 Å². The van der Waals surface area contributed by atoms with Crippen molar-refractivity contribution in [2.45, 2.75) is 6.92 Å². The maximum atomic E-state index is 12.3. The predicted octanol–water partition coefficient (Wildman–Crippen LogP) is 5.30. The van der Waals surface area contributed by atoms with Crippen LogP contribution in [0.3, 0.4) is 0 Å². The van der Waals surface area contributed by atoms with Gasteiger partial charge in [-0.05, 0) is 82.7 Å². The van der Waals surface area contributed by atoms with Crippen molar-refractivity contribution in [2.75, 3.05) is 13.2 Å². The summed E-state index contributed by atoms with van der Waals surface area (Å²) in [6.07, 6.45) is 3.51. The Hall–Kier alpha value is -2.51. The number of amidine groups is 1. The Kier molecular flexibility index (Phi) is 6.95. The van der Waals surface area contributed by atoms with Crippen LogP contribution in [0.1, 0.15) is 12.5 Å². The largest absolute Gasteiger partial charge is 0.494 e. The average Bonchev–Trinajstić information content (AvgIpc) is 3.02. The van der Waals surface area contributed by atoms with Crippen LogP contribution in [-0.4, -0.2) is 24.3 Å². The van der Waals surface area contributed by atoms with Gasteiger partial charge in [0, 0.05) is 0 Å². The molecule has 144 valence electrons. The Balaban J connectivity index is 1.73. The van der Waals surface area contributed by atoms with E-state index in [0.29, 0.717) is 23.3 Å². The predicted molar refractivity (Wildman–Crippen MR) is 118 cm³/mol. The fourth-order valence-corrected chi connectivity index (χ4v) is 3.76. The van der Waals surface area contributed by atoms with Gasteiger partial charge in [-0.15, -0.1) is 0 Å². The lowest BCUT2D eigenvalue weighted by Crippen LogP contribution is -2.19. The monoisotopic (exact) mass is 458 g/mol. The van der Waals surface area contributed by atoms with Crippen LogP contribution < -0.4 is 14.8 Å². The van der Waals surface area contributed by atoms with E-state index in [1.54, 1.807) is 6.08 Å². The number of rotatable bonds is 7. The molecule has 7 heteroatoms. The van der Waals surface area contributed by atoms with Gasteiger partial charge in [-0.3, -0.25) is 4.79 Å². The van der Waals surface area contributed by atoms with Crippen LogP contribution in [0.4, 0.5) is 5.69 Å². The normalized spacial score (nSPS) is 16.3. The van der Waals surface area contributed by atoms with E-state index in [-0.39, 0.29) is 5.91 Å². The Morgan fingerprint density at radius 2 is 2.00 bits per heavy atom. The first-order valence-corrected chi connectivity index (χ1v) is 10.3. The number of ether oxygens (including phenoxy) is 2. The number of nitrogens with one attached hydrogen (secondary N) is 1. The van der Waals surface area contributed by atoms with Crippen LogP contribution >= 0.6 is 27.7 Å². The van der Waals surface area contributed by atoms with Gasteiger partial charge in [0.15, 0.2) is 5.17 Å². The third-order valence-electron chi connectivity index (χ3n) is 3.64. The van der Waals surface area contributed by atoms with Gasteiger partial charge in [0.1, 0.15) is 18.1 Å². The summed E-state index contributed by atoms with van der Waals surface area (Å²) in [6.45, 7) is 6.62. The number of hydrogen-bond acceptors (Lipinski definition) is 5. The fraction of sp³-hybridized carbons (Fsp3) is 0.143.